The van der Waals surface area contributed by atoms with Gasteiger partial charge in [-0.1, -0.05) is 6.92 Å². The molecule has 3 fully saturated rings. The maximum Gasteiger partial charge on any atom is 0.188 e. The molecule has 1 atom stereocenters. The number of likely N-dealkylation sites (tertiary alicyclic amines) is 1. The first kappa shape index (κ1) is 13.2. The molecule has 1 saturated heterocycles. The Morgan fingerprint density at radius 2 is 2.16 bits per heavy atom. The second kappa shape index (κ2) is 5.31. The van der Waals surface area contributed by atoms with E-state index in [0.717, 1.165) is 25.6 Å². The first-order chi connectivity index (χ1) is 9.23. The van der Waals surface area contributed by atoms with Crippen LogP contribution in [0.2, 0.25) is 0 Å². The number of hydrogen-bond acceptors (Lipinski definition) is 2. The quantitative estimate of drug-likeness (QED) is 0.565. The molecule has 3 aliphatic rings. The van der Waals surface area contributed by atoms with Crippen LogP contribution >= 0.6 is 0 Å². The van der Waals surface area contributed by atoms with Crippen LogP contribution in [0.4, 0.5) is 0 Å². The minimum atomic E-state index is 0.565. The molecule has 0 amide bonds. The fourth-order valence-corrected chi connectivity index (χ4v) is 3.62. The van der Waals surface area contributed by atoms with Gasteiger partial charge in [-0.25, -0.2) is 0 Å². The van der Waals surface area contributed by atoms with Gasteiger partial charge in [-0.15, -0.1) is 0 Å². The van der Waals surface area contributed by atoms with Gasteiger partial charge >= 0.3 is 0 Å². The van der Waals surface area contributed by atoms with Crippen molar-refractivity contribution in [1.82, 2.24) is 10.2 Å². The molecule has 4 nitrogen and oxygen atoms in total. The Balaban J connectivity index is 1.42. The molecule has 2 aliphatic carbocycles. The summed E-state index contributed by atoms with van der Waals surface area (Å²) in [6.45, 7) is 6.54. The molecule has 3 rings (SSSR count). The number of nitrogens with zero attached hydrogens (tertiary/aromatic N) is 2. The zero-order valence-electron chi connectivity index (χ0n) is 12.2. The molecule has 2 saturated carbocycles. The standard InChI is InChI=1S/C15H28N4/c1-2-19-9-3-4-13(19)10-17-14(16)18-11-15(7-8-15)12-5-6-12/h12-13H,2-11H2,1H3,(H3,16,17,18). The normalized spacial score (nSPS) is 30.6. The van der Waals surface area contributed by atoms with Gasteiger partial charge in [0.25, 0.3) is 0 Å². The molecular formula is C15H28N4. The van der Waals surface area contributed by atoms with E-state index < -0.39 is 0 Å². The van der Waals surface area contributed by atoms with Gasteiger partial charge in [0, 0.05) is 19.1 Å². The van der Waals surface area contributed by atoms with Crippen molar-refractivity contribution >= 4 is 5.96 Å². The molecule has 0 bridgehead atoms. The van der Waals surface area contributed by atoms with Crippen LogP contribution < -0.4 is 11.1 Å². The lowest BCUT2D eigenvalue weighted by Gasteiger charge is -2.23. The summed E-state index contributed by atoms with van der Waals surface area (Å²) >= 11 is 0. The Bertz CT molecular complexity index is 344. The summed E-state index contributed by atoms with van der Waals surface area (Å²) < 4.78 is 0. The van der Waals surface area contributed by atoms with Crippen molar-refractivity contribution in [2.75, 3.05) is 26.2 Å². The Kier molecular flexibility index (Phi) is 3.70. The van der Waals surface area contributed by atoms with Gasteiger partial charge in [0.2, 0.25) is 0 Å². The highest BCUT2D eigenvalue weighted by Crippen LogP contribution is 2.61. The number of nitrogens with two attached hydrogens (primary N) is 1. The summed E-state index contributed by atoms with van der Waals surface area (Å²) in [6, 6.07) is 0.650. The predicted octanol–water partition coefficient (Wildman–Crippen LogP) is 1.57. The summed E-state index contributed by atoms with van der Waals surface area (Å²) in [5.74, 6) is 1.63. The second-order valence-electron chi connectivity index (χ2n) is 6.64. The second-order valence-corrected chi connectivity index (χ2v) is 6.64. The highest BCUT2D eigenvalue weighted by Gasteiger charge is 2.53. The smallest absolute Gasteiger partial charge is 0.188 e. The lowest BCUT2D eigenvalue weighted by molar-refractivity contribution is 0.267. The van der Waals surface area contributed by atoms with Crippen molar-refractivity contribution in [3.8, 4) is 0 Å². The molecule has 0 aromatic heterocycles. The van der Waals surface area contributed by atoms with Crippen molar-refractivity contribution in [2.24, 2.45) is 22.1 Å². The van der Waals surface area contributed by atoms with Gasteiger partial charge in [0.1, 0.15) is 0 Å². The summed E-state index contributed by atoms with van der Waals surface area (Å²) in [5, 5.41) is 3.33. The Hall–Kier alpha value is -0.770. The summed E-state index contributed by atoms with van der Waals surface area (Å²) in [7, 11) is 0. The minimum Gasteiger partial charge on any atom is -0.370 e. The van der Waals surface area contributed by atoms with E-state index in [1.165, 1.54) is 45.1 Å². The molecule has 108 valence electrons. The summed E-state index contributed by atoms with van der Waals surface area (Å²) in [4.78, 5) is 7.13. The molecular weight excluding hydrogens is 236 g/mol. The predicted molar refractivity (Wildman–Crippen MR) is 79.2 cm³/mol. The average Bonchev–Trinajstić information content (AvgIpc) is 3.31. The largest absolute Gasteiger partial charge is 0.370 e. The maximum absolute atomic E-state index is 6.01. The monoisotopic (exact) mass is 264 g/mol. The van der Waals surface area contributed by atoms with Crippen LogP contribution in [0.15, 0.2) is 4.99 Å². The van der Waals surface area contributed by atoms with E-state index in [-0.39, 0.29) is 0 Å². The van der Waals surface area contributed by atoms with Gasteiger partial charge in [-0.2, -0.15) is 0 Å². The lowest BCUT2D eigenvalue weighted by atomic mass is 10.0. The third kappa shape index (κ3) is 3.04. The zero-order valence-corrected chi connectivity index (χ0v) is 12.2. The number of hydrogen-bond donors (Lipinski definition) is 2. The van der Waals surface area contributed by atoms with Gasteiger partial charge in [0.15, 0.2) is 5.96 Å². The molecule has 1 aliphatic heterocycles. The van der Waals surface area contributed by atoms with Crippen LogP contribution in [-0.2, 0) is 0 Å². The molecule has 1 heterocycles. The van der Waals surface area contributed by atoms with Crippen LogP contribution in [0.1, 0.15) is 45.4 Å². The number of aliphatic imine (C=N–C) groups is 1. The fraction of sp³-hybridized carbons (Fsp3) is 0.933. The van der Waals surface area contributed by atoms with Crippen molar-refractivity contribution in [3.05, 3.63) is 0 Å². The molecule has 0 spiro atoms. The SMILES string of the molecule is CCN1CCCC1CNC(N)=NCC1(C2CC2)CC1. The van der Waals surface area contributed by atoms with Gasteiger partial charge < -0.3 is 11.1 Å². The number of rotatable bonds is 6. The maximum atomic E-state index is 6.01. The summed E-state index contributed by atoms with van der Waals surface area (Å²) in [5.41, 5.74) is 6.58. The first-order valence-corrected chi connectivity index (χ1v) is 8.01. The highest BCUT2D eigenvalue weighted by molar-refractivity contribution is 5.77. The molecule has 0 aromatic carbocycles. The van der Waals surface area contributed by atoms with E-state index in [1.54, 1.807) is 0 Å². The van der Waals surface area contributed by atoms with E-state index in [2.05, 4.69) is 22.1 Å². The molecule has 19 heavy (non-hydrogen) atoms. The summed E-state index contributed by atoms with van der Waals surface area (Å²) in [6.07, 6.45) is 8.22. The molecule has 3 N–H and O–H groups in total. The number of likely N-dealkylation sites (N-methyl/N-ethyl adjacent to an activating group) is 1. The molecule has 4 heteroatoms. The average molecular weight is 264 g/mol. The number of guanidine groups is 1. The lowest BCUT2D eigenvalue weighted by Crippen LogP contribution is -2.43. The Labute approximate surface area is 116 Å². The number of nitrogens with one attached hydrogen (secondary N) is 1. The molecule has 1 unspecified atom stereocenters. The van der Waals surface area contributed by atoms with Crippen LogP contribution in [0.3, 0.4) is 0 Å². The van der Waals surface area contributed by atoms with Crippen LogP contribution in [0.5, 0.6) is 0 Å². The van der Waals surface area contributed by atoms with Crippen molar-refractivity contribution in [2.45, 2.75) is 51.5 Å². The highest BCUT2D eigenvalue weighted by atomic mass is 15.2. The van der Waals surface area contributed by atoms with Crippen molar-refractivity contribution in [1.29, 1.82) is 0 Å². The van der Waals surface area contributed by atoms with E-state index in [1.807, 2.05) is 0 Å². The van der Waals surface area contributed by atoms with Crippen LogP contribution in [0, 0.1) is 11.3 Å². The topological polar surface area (TPSA) is 53.6 Å². The molecule has 0 radical (unpaired) electrons. The molecule has 0 aromatic rings. The van der Waals surface area contributed by atoms with E-state index >= 15 is 0 Å². The van der Waals surface area contributed by atoms with E-state index in [9.17, 15) is 0 Å². The third-order valence-electron chi connectivity index (χ3n) is 5.32. The van der Waals surface area contributed by atoms with E-state index in [0.29, 0.717) is 17.4 Å². The minimum absolute atomic E-state index is 0.565. The first-order valence-electron chi connectivity index (χ1n) is 8.01. The van der Waals surface area contributed by atoms with Gasteiger partial charge in [-0.05, 0) is 62.9 Å². The third-order valence-corrected chi connectivity index (χ3v) is 5.32. The van der Waals surface area contributed by atoms with E-state index in [4.69, 9.17) is 5.73 Å². The van der Waals surface area contributed by atoms with Gasteiger partial charge in [-0.3, -0.25) is 9.89 Å². The van der Waals surface area contributed by atoms with Crippen LogP contribution in [0.25, 0.3) is 0 Å². The van der Waals surface area contributed by atoms with Crippen LogP contribution in [-0.4, -0.2) is 43.1 Å². The van der Waals surface area contributed by atoms with Crippen molar-refractivity contribution in [3.63, 3.8) is 0 Å². The van der Waals surface area contributed by atoms with Gasteiger partial charge in [0.05, 0.1) is 0 Å². The van der Waals surface area contributed by atoms with Crippen molar-refractivity contribution < 1.29 is 0 Å². The Morgan fingerprint density at radius 1 is 1.37 bits per heavy atom. The Morgan fingerprint density at radius 3 is 2.79 bits per heavy atom. The fourth-order valence-electron chi connectivity index (χ4n) is 3.62. The zero-order chi connectivity index (χ0) is 13.3.